The second-order valence-corrected chi connectivity index (χ2v) is 9.17. The van der Waals surface area contributed by atoms with Crippen molar-refractivity contribution < 1.29 is 9.18 Å². The van der Waals surface area contributed by atoms with E-state index in [0.29, 0.717) is 22.9 Å². The molecule has 5 rings (SSSR count). The zero-order chi connectivity index (χ0) is 22.2. The lowest BCUT2D eigenvalue weighted by molar-refractivity contribution is -0.123. The molecule has 3 heterocycles. The van der Waals surface area contributed by atoms with E-state index >= 15 is 0 Å². The summed E-state index contributed by atoms with van der Waals surface area (Å²) < 4.78 is 13.7. The summed E-state index contributed by atoms with van der Waals surface area (Å²) in [5.41, 5.74) is 1.21. The topological polar surface area (TPSA) is 98.8 Å². The maximum atomic E-state index is 13.7. The average molecular weight is 458 g/mol. The highest BCUT2D eigenvalue weighted by atomic mass is 35.5. The van der Waals surface area contributed by atoms with Crippen molar-refractivity contribution in [3.8, 4) is 0 Å². The maximum Gasteiger partial charge on any atom is 0.243 e. The first-order valence-corrected chi connectivity index (χ1v) is 11.3. The Balaban J connectivity index is 1.30. The van der Waals surface area contributed by atoms with E-state index in [1.165, 1.54) is 18.5 Å². The predicted octanol–water partition coefficient (Wildman–Crippen LogP) is 3.51. The average Bonchev–Trinajstić information content (AvgIpc) is 3.48. The molecule has 2 aliphatic rings. The van der Waals surface area contributed by atoms with E-state index in [9.17, 15) is 9.18 Å². The first kappa shape index (κ1) is 20.9. The first-order chi connectivity index (χ1) is 15.5. The molecule has 10 heteroatoms. The summed E-state index contributed by atoms with van der Waals surface area (Å²) in [6.07, 6.45) is 7.02. The molecule has 168 valence electrons. The fraction of sp³-hybridized carbons (Fsp3) is 0.455. The molecular formula is C22H25ClFN7O. The molecule has 32 heavy (non-hydrogen) atoms. The molecular weight excluding hydrogens is 433 g/mol. The zero-order valence-corrected chi connectivity index (χ0v) is 18.4. The van der Waals surface area contributed by atoms with Crippen LogP contribution in [-0.2, 0) is 4.79 Å². The number of amides is 1. The number of nitrogens with zero attached hydrogens (tertiary/aromatic N) is 4. The lowest BCUT2D eigenvalue weighted by atomic mass is 9.98. The molecule has 3 aromatic rings. The minimum Gasteiger partial charge on any atom is -0.373 e. The van der Waals surface area contributed by atoms with Crippen LogP contribution < -0.4 is 15.5 Å². The summed E-state index contributed by atoms with van der Waals surface area (Å²) in [5, 5.41) is 14.5. The number of anilines is 2. The van der Waals surface area contributed by atoms with Crippen molar-refractivity contribution in [2.75, 3.05) is 16.8 Å². The Morgan fingerprint density at radius 2 is 2.09 bits per heavy atom. The number of hydrogen-bond donors (Lipinski definition) is 3. The highest BCUT2D eigenvalue weighted by Crippen LogP contribution is 2.35. The predicted molar refractivity (Wildman–Crippen MR) is 121 cm³/mol. The smallest absolute Gasteiger partial charge is 0.243 e. The molecule has 0 radical (unpaired) electrons. The van der Waals surface area contributed by atoms with Crippen molar-refractivity contribution in [1.82, 2.24) is 25.5 Å². The summed E-state index contributed by atoms with van der Waals surface area (Å²) >= 11 is 5.98. The van der Waals surface area contributed by atoms with Crippen molar-refractivity contribution in [2.45, 2.75) is 50.7 Å². The Morgan fingerprint density at radius 3 is 2.88 bits per heavy atom. The van der Waals surface area contributed by atoms with Crippen LogP contribution in [0.25, 0.3) is 11.0 Å². The van der Waals surface area contributed by atoms with Crippen molar-refractivity contribution in [2.24, 2.45) is 5.92 Å². The highest BCUT2D eigenvalue weighted by molar-refractivity contribution is 6.30. The van der Waals surface area contributed by atoms with Crippen LogP contribution in [0.4, 0.5) is 15.9 Å². The number of H-pyrrole nitrogens is 1. The molecule has 3 N–H and O–H groups in total. The Labute approximate surface area is 189 Å². The molecule has 1 unspecified atom stereocenters. The number of carbonyl (C=O) groups is 1. The van der Waals surface area contributed by atoms with Gasteiger partial charge in [-0.15, -0.1) is 0 Å². The van der Waals surface area contributed by atoms with E-state index in [1.807, 2.05) is 0 Å². The number of rotatable bonds is 6. The van der Waals surface area contributed by atoms with Crippen LogP contribution in [0.5, 0.6) is 0 Å². The standard InChI is InChI=1S/C22H25ClFN7O/c1-12-2-5-16(10-31(12)21-18-9-27-30-20(18)25-11-26-21)29-22(32)19(13-3-4-13)28-17-7-14(23)6-15(24)8-17/h6-9,11-13,16,19,28H,2-5,10H2,1H3,(H,29,32)(H,25,26,27,30)/t12-,16+,19?/m0/s1. The third kappa shape index (κ3) is 4.34. The van der Waals surface area contributed by atoms with E-state index < -0.39 is 11.9 Å². The molecule has 1 aromatic carbocycles. The number of aromatic amines is 1. The number of piperidine rings is 1. The fourth-order valence-corrected chi connectivity index (χ4v) is 4.66. The van der Waals surface area contributed by atoms with Crippen LogP contribution in [0.3, 0.4) is 0 Å². The van der Waals surface area contributed by atoms with E-state index in [0.717, 1.165) is 36.9 Å². The Morgan fingerprint density at radius 1 is 1.25 bits per heavy atom. The molecule has 2 fully saturated rings. The molecule has 0 spiro atoms. The van der Waals surface area contributed by atoms with Crippen LogP contribution in [-0.4, -0.2) is 50.7 Å². The van der Waals surface area contributed by atoms with E-state index in [-0.39, 0.29) is 23.9 Å². The van der Waals surface area contributed by atoms with Crippen LogP contribution in [0, 0.1) is 11.7 Å². The fourth-order valence-electron chi connectivity index (χ4n) is 4.44. The largest absolute Gasteiger partial charge is 0.373 e. The number of benzene rings is 1. The van der Waals surface area contributed by atoms with Gasteiger partial charge in [0.1, 0.15) is 24.0 Å². The molecule has 3 atom stereocenters. The molecule has 1 aliphatic heterocycles. The lowest BCUT2D eigenvalue weighted by Gasteiger charge is -2.39. The van der Waals surface area contributed by atoms with E-state index in [2.05, 4.69) is 42.6 Å². The van der Waals surface area contributed by atoms with Crippen LogP contribution >= 0.6 is 11.6 Å². The Kier molecular flexibility index (Phi) is 5.58. The third-order valence-corrected chi connectivity index (χ3v) is 6.51. The van der Waals surface area contributed by atoms with Gasteiger partial charge in [-0.3, -0.25) is 9.89 Å². The van der Waals surface area contributed by atoms with Gasteiger partial charge in [0.25, 0.3) is 0 Å². The summed E-state index contributed by atoms with van der Waals surface area (Å²) in [6.45, 7) is 2.81. The van der Waals surface area contributed by atoms with Crippen LogP contribution in [0.15, 0.2) is 30.7 Å². The lowest BCUT2D eigenvalue weighted by Crippen LogP contribution is -2.54. The summed E-state index contributed by atoms with van der Waals surface area (Å²) in [7, 11) is 0. The molecule has 1 aliphatic carbocycles. The monoisotopic (exact) mass is 457 g/mol. The quantitative estimate of drug-likeness (QED) is 0.524. The summed E-state index contributed by atoms with van der Waals surface area (Å²) in [5.74, 6) is 0.565. The minimum atomic E-state index is -0.428. The van der Waals surface area contributed by atoms with Gasteiger partial charge in [-0.25, -0.2) is 14.4 Å². The van der Waals surface area contributed by atoms with Gasteiger partial charge in [-0.2, -0.15) is 5.10 Å². The second kappa shape index (κ2) is 8.54. The first-order valence-electron chi connectivity index (χ1n) is 10.9. The van der Waals surface area contributed by atoms with Crippen molar-refractivity contribution in [3.63, 3.8) is 0 Å². The Bertz CT molecular complexity index is 1110. The Hall–Kier alpha value is -2.94. The van der Waals surface area contributed by atoms with Gasteiger partial charge in [0.2, 0.25) is 5.91 Å². The molecule has 8 nitrogen and oxygen atoms in total. The molecule has 0 bridgehead atoms. The number of carbonyl (C=O) groups excluding carboxylic acids is 1. The summed E-state index contributed by atoms with van der Waals surface area (Å²) in [4.78, 5) is 24.1. The number of hydrogen-bond acceptors (Lipinski definition) is 6. The highest BCUT2D eigenvalue weighted by Gasteiger charge is 2.38. The van der Waals surface area contributed by atoms with E-state index in [4.69, 9.17) is 11.6 Å². The van der Waals surface area contributed by atoms with Crippen molar-refractivity contribution in [1.29, 1.82) is 0 Å². The number of halogens is 2. The molecule has 1 saturated heterocycles. The van der Waals surface area contributed by atoms with Crippen molar-refractivity contribution in [3.05, 3.63) is 41.6 Å². The van der Waals surface area contributed by atoms with Gasteiger partial charge in [-0.1, -0.05) is 11.6 Å². The van der Waals surface area contributed by atoms with E-state index in [1.54, 1.807) is 12.3 Å². The molecule has 1 amide bonds. The third-order valence-electron chi connectivity index (χ3n) is 6.29. The summed E-state index contributed by atoms with van der Waals surface area (Å²) in [6, 6.07) is 4.10. The number of nitrogens with one attached hydrogen (secondary N) is 3. The van der Waals surface area contributed by atoms with Gasteiger partial charge in [-0.05, 0) is 56.7 Å². The van der Waals surface area contributed by atoms with Crippen LogP contribution in [0.2, 0.25) is 5.02 Å². The molecule has 2 aromatic heterocycles. The normalized spacial score (nSPS) is 22.0. The maximum absolute atomic E-state index is 13.7. The van der Waals surface area contributed by atoms with Crippen molar-refractivity contribution >= 4 is 40.0 Å². The number of aromatic nitrogens is 4. The minimum absolute atomic E-state index is 0.0187. The van der Waals surface area contributed by atoms with Gasteiger partial charge < -0.3 is 15.5 Å². The second-order valence-electron chi connectivity index (χ2n) is 8.73. The number of fused-ring (bicyclic) bond motifs is 1. The van der Waals surface area contributed by atoms with Gasteiger partial charge in [0.05, 0.1) is 11.6 Å². The van der Waals surface area contributed by atoms with Gasteiger partial charge in [0.15, 0.2) is 5.65 Å². The van der Waals surface area contributed by atoms with Gasteiger partial charge >= 0.3 is 0 Å². The van der Waals surface area contributed by atoms with Crippen LogP contribution in [0.1, 0.15) is 32.6 Å². The SMILES string of the molecule is C[C@H]1CC[C@@H](NC(=O)C(Nc2cc(F)cc(Cl)c2)C2CC2)CN1c1ncnc2[nH]ncc12. The molecule has 1 saturated carbocycles. The zero-order valence-electron chi connectivity index (χ0n) is 17.7. The van der Waals surface area contributed by atoms with Gasteiger partial charge in [0, 0.05) is 29.3 Å².